The van der Waals surface area contributed by atoms with Crippen LogP contribution in [0.5, 0.6) is 0 Å². The maximum Gasteiger partial charge on any atom is 0.322 e. The first-order chi connectivity index (χ1) is 7.66. The topological polar surface area (TPSA) is 79.3 Å². The van der Waals surface area contributed by atoms with E-state index in [-0.39, 0.29) is 6.54 Å². The first-order valence-electron chi connectivity index (χ1n) is 4.50. The summed E-state index contributed by atoms with van der Waals surface area (Å²) in [6.45, 7) is -0.388. The number of rotatable bonds is 3. The molecule has 0 aromatic carbocycles. The molecule has 5 nitrogen and oxygen atoms in total. The summed E-state index contributed by atoms with van der Waals surface area (Å²) < 4.78 is 0.906. The molecule has 0 radical (unpaired) electrons. The molecule has 2 rings (SSSR count). The van der Waals surface area contributed by atoms with Crippen LogP contribution in [-0.4, -0.2) is 28.5 Å². The van der Waals surface area contributed by atoms with Crippen molar-refractivity contribution in [2.24, 2.45) is 0 Å². The van der Waals surface area contributed by atoms with Gasteiger partial charge in [0.2, 0.25) is 0 Å². The third-order valence-corrected chi connectivity index (χ3v) is 2.82. The molecule has 0 saturated carbocycles. The van der Waals surface area contributed by atoms with Gasteiger partial charge in [-0.25, -0.2) is 0 Å². The van der Waals surface area contributed by atoms with Crippen LogP contribution < -0.4 is 5.32 Å². The van der Waals surface area contributed by atoms with Crippen molar-refractivity contribution in [3.63, 3.8) is 0 Å². The molecular weight excluding hydrogens is 228 g/mol. The maximum absolute atomic E-state index is 11.5. The summed E-state index contributed by atoms with van der Waals surface area (Å²) in [5.41, 5.74) is 1.20. The lowest BCUT2D eigenvalue weighted by Crippen LogP contribution is -2.29. The number of pyridine rings is 1. The lowest BCUT2D eigenvalue weighted by molar-refractivity contribution is -0.135. The summed E-state index contributed by atoms with van der Waals surface area (Å²) in [5.74, 6) is -1.50. The molecule has 0 fully saturated rings. The fourth-order valence-electron chi connectivity index (χ4n) is 1.23. The molecule has 0 bridgehead atoms. The standard InChI is InChI=1S/C10H8N2O3S/c13-9(14)5-12-10(15)6-3-8-7(11-4-6)1-2-16-8/h1-4H,5H2,(H,12,15)(H,13,14). The highest BCUT2D eigenvalue weighted by Gasteiger charge is 2.08. The Morgan fingerprint density at radius 2 is 2.31 bits per heavy atom. The van der Waals surface area contributed by atoms with Crippen LogP contribution in [0.3, 0.4) is 0 Å². The van der Waals surface area contributed by atoms with Gasteiger partial charge in [0.25, 0.3) is 5.91 Å². The molecule has 1 amide bonds. The lowest BCUT2D eigenvalue weighted by Gasteiger charge is -2.01. The average molecular weight is 236 g/mol. The molecule has 0 aliphatic rings. The monoisotopic (exact) mass is 236 g/mol. The number of fused-ring (bicyclic) bond motifs is 1. The van der Waals surface area contributed by atoms with Crippen molar-refractivity contribution in [2.75, 3.05) is 6.54 Å². The second kappa shape index (κ2) is 4.28. The summed E-state index contributed by atoms with van der Waals surface area (Å²) in [5, 5.41) is 12.6. The highest BCUT2D eigenvalue weighted by molar-refractivity contribution is 7.17. The number of nitrogens with one attached hydrogen (secondary N) is 1. The van der Waals surface area contributed by atoms with Gasteiger partial charge in [-0.05, 0) is 17.5 Å². The summed E-state index contributed by atoms with van der Waals surface area (Å²) in [6, 6.07) is 3.56. The zero-order valence-electron chi connectivity index (χ0n) is 8.14. The zero-order chi connectivity index (χ0) is 11.5. The number of carbonyl (C=O) groups excluding carboxylic acids is 1. The molecule has 0 atom stereocenters. The van der Waals surface area contributed by atoms with E-state index in [0.29, 0.717) is 5.56 Å². The third kappa shape index (κ3) is 2.17. The molecule has 16 heavy (non-hydrogen) atoms. The zero-order valence-corrected chi connectivity index (χ0v) is 8.95. The first kappa shape index (κ1) is 10.6. The van der Waals surface area contributed by atoms with E-state index in [1.54, 1.807) is 6.07 Å². The first-order valence-corrected chi connectivity index (χ1v) is 5.38. The van der Waals surface area contributed by atoms with Crippen LogP contribution in [0, 0.1) is 0 Å². The highest BCUT2D eigenvalue weighted by atomic mass is 32.1. The number of carbonyl (C=O) groups is 2. The molecule has 0 aliphatic carbocycles. The minimum absolute atomic E-state index is 0.371. The Hall–Kier alpha value is -1.95. The van der Waals surface area contributed by atoms with E-state index in [9.17, 15) is 9.59 Å². The molecule has 2 aromatic rings. The van der Waals surface area contributed by atoms with Gasteiger partial charge < -0.3 is 10.4 Å². The summed E-state index contributed by atoms with van der Waals surface area (Å²) in [6.07, 6.45) is 1.44. The van der Waals surface area contributed by atoms with Crippen molar-refractivity contribution in [1.29, 1.82) is 0 Å². The number of carboxylic acids is 1. The van der Waals surface area contributed by atoms with Crippen LogP contribution in [0.15, 0.2) is 23.7 Å². The average Bonchev–Trinajstić information content (AvgIpc) is 2.72. The van der Waals surface area contributed by atoms with Gasteiger partial charge in [-0.3, -0.25) is 14.6 Å². The van der Waals surface area contributed by atoms with Crippen molar-refractivity contribution < 1.29 is 14.7 Å². The van der Waals surface area contributed by atoms with Gasteiger partial charge in [-0.1, -0.05) is 0 Å². The predicted molar refractivity (Wildman–Crippen MR) is 59.6 cm³/mol. The molecule has 0 saturated heterocycles. The van der Waals surface area contributed by atoms with Gasteiger partial charge >= 0.3 is 5.97 Å². The molecule has 6 heteroatoms. The Labute approximate surface area is 94.7 Å². The van der Waals surface area contributed by atoms with Crippen molar-refractivity contribution in [1.82, 2.24) is 10.3 Å². The largest absolute Gasteiger partial charge is 0.480 e. The minimum atomic E-state index is -1.07. The normalized spacial score (nSPS) is 10.2. The molecule has 0 spiro atoms. The summed E-state index contributed by atoms with van der Waals surface area (Å²) >= 11 is 1.48. The van der Waals surface area contributed by atoms with E-state index >= 15 is 0 Å². The molecule has 2 heterocycles. The van der Waals surface area contributed by atoms with Crippen LogP contribution in [0.4, 0.5) is 0 Å². The van der Waals surface area contributed by atoms with Crippen LogP contribution in [0.1, 0.15) is 10.4 Å². The van der Waals surface area contributed by atoms with Gasteiger partial charge in [0, 0.05) is 6.20 Å². The van der Waals surface area contributed by atoms with Crippen LogP contribution in [0.2, 0.25) is 0 Å². The fraction of sp³-hybridized carbons (Fsp3) is 0.100. The van der Waals surface area contributed by atoms with Crippen molar-refractivity contribution >= 4 is 33.4 Å². The minimum Gasteiger partial charge on any atom is -0.480 e. The Bertz CT molecular complexity index is 550. The van der Waals surface area contributed by atoms with Gasteiger partial charge in [0.1, 0.15) is 6.54 Å². The summed E-state index contributed by atoms with van der Waals surface area (Å²) in [7, 11) is 0. The number of amides is 1. The van der Waals surface area contributed by atoms with Crippen LogP contribution in [0.25, 0.3) is 10.2 Å². The Morgan fingerprint density at radius 3 is 3.06 bits per heavy atom. The SMILES string of the molecule is O=C(O)CNC(=O)c1cnc2ccsc2c1. The number of thiophene rings is 1. The van der Waals surface area contributed by atoms with E-state index < -0.39 is 11.9 Å². The fourth-order valence-corrected chi connectivity index (χ4v) is 2.01. The second-order valence-corrected chi connectivity index (χ2v) is 4.05. The van der Waals surface area contributed by atoms with Gasteiger partial charge in [-0.15, -0.1) is 11.3 Å². The van der Waals surface area contributed by atoms with E-state index in [0.717, 1.165) is 10.2 Å². The van der Waals surface area contributed by atoms with Crippen LogP contribution >= 0.6 is 11.3 Å². The second-order valence-electron chi connectivity index (χ2n) is 3.10. The van der Waals surface area contributed by atoms with Crippen LogP contribution in [-0.2, 0) is 4.79 Å². The molecule has 82 valence electrons. The Kier molecular flexibility index (Phi) is 2.82. The quantitative estimate of drug-likeness (QED) is 0.836. The molecule has 2 aromatic heterocycles. The lowest BCUT2D eigenvalue weighted by atomic mass is 10.2. The molecule has 2 N–H and O–H groups in total. The van der Waals surface area contributed by atoms with E-state index in [4.69, 9.17) is 5.11 Å². The molecule has 0 unspecified atom stereocenters. The van der Waals surface area contributed by atoms with E-state index in [1.807, 2.05) is 11.4 Å². The number of aromatic nitrogens is 1. The Balaban J connectivity index is 2.19. The number of hydrogen-bond acceptors (Lipinski definition) is 4. The number of nitrogens with zero attached hydrogens (tertiary/aromatic N) is 1. The van der Waals surface area contributed by atoms with Gasteiger partial charge in [-0.2, -0.15) is 0 Å². The number of aliphatic carboxylic acids is 1. The van der Waals surface area contributed by atoms with Crippen molar-refractivity contribution in [2.45, 2.75) is 0 Å². The highest BCUT2D eigenvalue weighted by Crippen LogP contribution is 2.19. The van der Waals surface area contributed by atoms with Gasteiger partial charge in [0.05, 0.1) is 15.8 Å². The number of hydrogen-bond donors (Lipinski definition) is 2. The Morgan fingerprint density at radius 1 is 1.50 bits per heavy atom. The van der Waals surface area contributed by atoms with Crippen molar-refractivity contribution in [3.8, 4) is 0 Å². The van der Waals surface area contributed by atoms with Crippen molar-refractivity contribution in [3.05, 3.63) is 29.3 Å². The maximum atomic E-state index is 11.5. The van der Waals surface area contributed by atoms with E-state index in [1.165, 1.54) is 17.5 Å². The third-order valence-electron chi connectivity index (χ3n) is 1.97. The summed E-state index contributed by atoms with van der Waals surface area (Å²) in [4.78, 5) is 25.9. The molecular formula is C10H8N2O3S. The molecule has 0 aliphatic heterocycles. The smallest absolute Gasteiger partial charge is 0.322 e. The van der Waals surface area contributed by atoms with Gasteiger partial charge in [0.15, 0.2) is 0 Å². The van der Waals surface area contributed by atoms with E-state index in [2.05, 4.69) is 10.3 Å². The number of carboxylic acid groups (broad SMARTS) is 1. The predicted octanol–water partition coefficient (Wildman–Crippen LogP) is 1.11.